The van der Waals surface area contributed by atoms with Crippen LogP contribution >= 0.6 is 0 Å². The number of hydrogen-bond acceptors (Lipinski definition) is 4. The quantitative estimate of drug-likeness (QED) is 0.825. The first-order chi connectivity index (χ1) is 8.69. The van der Waals surface area contributed by atoms with E-state index in [0.717, 1.165) is 30.4 Å². The van der Waals surface area contributed by atoms with E-state index in [9.17, 15) is 4.79 Å². The summed E-state index contributed by atoms with van der Waals surface area (Å²) in [5.41, 5.74) is 7.75. The molecule has 1 heterocycles. The summed E-state index contributed by atoms with van der Waals surface area (Å²) in [6.45, 7) is 3.04. The number of rotatable bonds is 3. The average molecular weight is 247 g/mol. The van der Waals surface area contributed by atoms with E-state index < -0.39 is 0 Å². The molecule has 1 atom stereocenters. The topological polar surface area (TPSA) is 61.6 Å². The van der Waals surface area contributed by atoms with E-state index in [1.807, 2.05) is 13.0 Å². The Kier molecular flexibility index (Phi) is 2.55. The summed E-state index contributed by atoms with van der Waals surface area (Å²) in [6, 6.07) is 3.85. The Hall–Kier alpha value is -1.55. The predicted octanol–water partition coefficient (Wildman–Crippen LogP) is 1.65. The summed E-state index contributed by atoms with van der Waals surface area (Å²) in [4.78, 5) is 11.0. The van der Waals surface area contributed by atoms with Crippen LogP contribution in [0.15, 0.2) is 12.1 Å². The van der Waals surface area contributed by atoms with Crippen molar-refractivity contribution in [1.82, 2.24) is 0 Å². The molecule has 0 amide bonds. The number of hydrogen-bond donors (Lipinski definition) is 1. The molecule has 96 valence electrons. The first-order valence-electron chi connectivity index (χ1n) is 6.33. The number of ether oxygens (including phenoxy) is 2. The minimum Gasteiger partial charge on any atom is -0.486 e. The van der Waals surface area contributed by atoms with E-state index in [2.05, 4.69) is 0 Å². The van der Waals surface area contributed by atoms with Crippen molar-refractivity contribution in [2.75, 3.05) is 13.2 Å². The zero-order chi connectivity index (χ0) is 12.8. The Morgan fingerprint density at radius 1 is 1.28 bits per heavy atom. The molecule has 0 bridgehead atoms. The fourth-order valence-corrected chi connectivity index (χ4v) is 2.75. The van der Waals surface area contributed by atoms with Crippen molar-refractivity contribution in [3.05, 3.63) is 23.3 Å². The molecule has 1 saturated carbocycles. The standard InChI is InChI=1S/C14H17NO3/c1-9(15)14(4-5-14)11-3-2-10(8-16)12-13(11)18-7-6-17-12/h2-3,8-9H,4-7,15H2,1H3. The summed E-state index contributed by atoms with van der Waals surface area (Å²) in [7, 11) is 0. The Balaban J connectivity index is 2.14. The van der Waals surface area contributed by atoms with E-state index in [4.69, 9.17) is 15.2 Å². The third kappa shape index (κ3) is 1.52. The molecule has 1 aliphatic carbocycles. The number of nitrogens with two attached hydrogens (primary N) is 1. The van der Waals surface area contributed by atoms with Gasteiger partial charge in [-0.2, -0.15) is 0 Å². The zero-order valence-corrected chi connectivity index (χ0v) is 10.4. The lowest BCUT2D eigenvalue weighted by Crippen LogP contribution is -2.32. The Morgan fingerprint density at radius 3 is 2.50 bits per heavy atom. The summed E-state index contributed by atoms with van der Waals surface area (Å²) in [6.07, 6.45) is 2.95. The third-order valence-corrected chi connectivity index (χ3v) is 4.04. The average Bonchev–Trinajstić information content (AvgIpc) is 3.19. The first kappa shape index (κ1) is 11.5. The highest BCUT2D eigenvalue weighted by Gasteiger charge is 2.50. The van der Waals surface area contributed by atoms with Crippen LogP contribution in [-0.2, 0) is 5.41 Å². The minimum atomic E-state index is 0.00615. The number of carbonyl (C=O) groups excluding carboxylic acids is 1. The van der Waals surface area contributed by atoms with Crippen molar-refractivity contribution >= 4 is 6.29 Å². The van der Waals surface area contributed by atoms with Gasteiger partial charge in [-0.15, -0.1) is 0 Å². The highest BCUT2D eigenvalue weighted by Crippen LogP contribution is 2.55. The van der Waals surface area contributed by atoms with Crippen molar-refractivity contribution in [1.29, 1.82) is 0 Å². The number of aldehydes is 1. The van der Waals surface area contributed by atoms with Crippen LogP contribution in [-0.4, -0.2) is 25.5 Å². The molecular formula is C14H17NO3. The van der Waals surface area contributed by atoms with E-state index in [-0.39, 0.29) is 11.5 Å². The number of benzene rings is 1. The van der Waals surface area contributed by atoms with Gasteiger partial charge in [0.2, 0.25) is 0 Å². The van der Waals surface area contributed by atoms with Crippen LogP contribution < -0.4 is 15.2 Å². The summed E-state index contributed by atoms with van der Waals surface area (Å²) in [5, 5.41) is 0. The molecule has 4 nitrogen and oxygen atoms in total. The molecular weight excluding hydrogens is 230 g/mol. The molecule has 0 aromatic heterocycles. The second-order valence-electron chi connectivity index (χ2n) is 5.12. The largest absolute Gasteiger partial charge is 0.486 e. The predicted molar refractivity (Wildman–Crippen MR) is 67.4 cm³/mol. The van der Waals surface area contributed by atoms with Crippen LogP contribution in [0.1, 0.15) is 35.7 Å². The van der Waals surface area contributed by atoms with Gasteiger partial charge in [0, 0.05) is 17.0 Å². The van der Waals surface area contributed by atoms with Gasteiger partial charge in [-0.3, -0.25) is 4.79 Å². The SMILES string of the molecule is CC(N)C1(c2ccc(C=O)c3c2OCCO3)CC1. The van der Waals surface area contributed by atoms with Gasteiger partial charge >= 0.3 is 0 Å². The molecule has 1 aromatic rings. The van der Waals surface area contributed by atoms with Gasteiger partial charge in [-0.1, -0.05) is 6.07 Å². The smallest absolute Gasteiger partial charge is 0.172 e. The molecule has 4 heteroatoms. The molecule has 2 aliphatic rings. The molecule has 1 unspecified atom stereocenters. The normalized spacial score (nSPS) is 21.2. The first-order valence-corrected chi connectivity index (χ1v) is 6.33. The maximum Gasteiger partial charge on any atom is 0.172 e. The second-order valence-corrected chi connectivity index (χ2v) is 5.12. The molecule has 1 fully saturated rings. The van der Waals surface area contributed by atoms with E-state index in [1.54, 1.807) is 6.07 Å². The van der Waals surface area contributed by atoms with E-state index >= 15 is 0 Å². The van der Waals surface area contributed by atoms with Gasteiger partial charge in [0.25, 0.3) is 0 Å². The highest BCUT2D eigenvalue weighted by atomic mass is 16.6. The minimum absolute atomic E-state index is 0.00615. The lowest BCUT2D eigenvalue weighted by atomic mass is 9.87. The van der Waals surface area contributed by atoms with Crippen molar-refractivity contribution in [3.8, 4) is 11.5 Å². The summed E-state index contributed by atoms with van der Waals surface area (Å²) < 4.78 is 11.3. The van der Waals surface area contributed by atoms with Crippen molar-refractivity contribution in [3.63, 3.8) is 0 Å². The molecule has 0 radical (unpaired) electrons. The molecule has 1 aliphatic heterocycles. The lowest BCUT2D eigenvalue weighted by Gasteiger charge is -2.28. The maximum atomic E-state index is 11.0. The molecule has 18 heavy (non-hydrogen) atoms. The Morgan fingerprint density at radius 2 is 1.94 bits per heavy atom. The molecule has 0 spiro atoms. The number of carbonyl (C=O) groups is 1. The van der Waals surface area contributed by atoms with Crippen molar-refractivity contribution in [2.45, 2.75) is 31.2 Å². The van der Waals surface area contributed by atoms with Crippen LogP contribution in [0.5, 0.6) is 11.5 Å². The molecule has 3 rings (SSSR count). The third-order valence-electron chi connectivity index (χ3n) is 4.04. The van der Waals surface area contributed by atoms with Crippen molar-refractivity contribution in [2.24, 2.45) is 5.73 Å². The Bertz CT molecular complexity index is 492. The number of fused-ring (bicyclic) bond motifs is 1. The van der Waals surface area contributed by atoms with Crippen LogP contribution in [0.4, 0.5) is 0 Å². The van der Waals surface area contributed by atoms with Crippen molar-refractivity contribution < 1.29 is 14.3 Å². The van der Waals surface area contributed by atoms with Gasteiger partial charge in [-0.25, -0.2) is 0 Å². The van der Waals surface area contributed by atoms with E-state index in [0.29, 0.717) is 24.5 Å². The van der Waals surface area contributed by atoms with Gasteiger partial charge in [0.1, 0.15) is 13.2 Å². The highest BCUT2D eigenvalue weighted by molar-refractivity contribution is 5.82. The monoisotopic (exact) mass is 247 g/mol. The Labute approximate surface area is 106 Å². The van der Waals surface area contributed by atoms with Gasteiger partial charge in [0.05, 0.1) is 5.56 Å². The lowest BCUT2D eigenvalue weighted by molar-refractivity contribution is 0.111. The fraction of sp³-hybridized carbons (Fsp3) is 0.500. The molecule has 1 aromatic carbocycles. The molecule has 0 saturated heterocycles. The summed E-state index contributed by atoms with van der Waals surface area (Å²) in [5.74, 6) is 1.31. The second kappa shape index (κ2) is 3.99. The van der Waals surface area contributed by atoms with E-state index in [1.165, 1.54) is 0 Å². The van der Waals surface area contributed by atoms with Gasteiger partial charge in [-0.05, 0) is 25.8 Å². The summed E-state index contributed by atoms with van der Waals surface area (Å²) >= 11 is 0. The maximum absolute atomic E-state index is 11.0. The fourth-order valence-electron chi connectivity index (χ4n) is 2.75. The van der Waals surface area contributed by atoms with Crippen LogP contribution in [0.25, 0.3) is 0 Å². The van der Waals surface area contributed by atoms with Gasteiger partial charge < -0.3 is 15.2 Å². The molecule has 2 N–H and O–H groups in total. The van der Waals surface area contributed by atoms with Gasteiger partial charge in [0.15, 0.2) is 17.8 Å². The van der Waals surface area contributed by atoms with Crippen LogP contribution in [0.2, 0.25) is 0 Å². The van der Waals surface area contributed by atoms with Crippen LogP contribution in [0.3, 0.4) is 0 Å². The zero-order valence-electron chi connectivity index (χ0n) is 10.4. The van der Waals surface area contributed by atoms with Crippen LogP contribution in [0, 0.1) is 0 Å².